The van der Waals surface area contributed by atoms with Crippen LogP contribution in [-0.2, 0) is 4.79 Å². The number of carbonyl (C=O) groups is 1. The van der Waals surface area contributed by atoms with E-state index in [4.69, 9.17) is 10.4 Å². The molecule has 1 N–H and O–H groups in total. The lowest BCUT2D eigenvalue weighted by Crippen LogP contribution is -2.27. The summed E-state index contributed by atoms with van der Waals surface area (Å²) in [5.41, 5.74) is -0.238. The first-order chi connectivity index (χ1) is 6.97. The number of aliphatic carboxylic acids is 1. The lowest BCUT2D eigenvalue weighted by atomic mass is 10.2. The SMILES string of the molecule is CC(C(=O)O)n1cc(C#N)c(Br)cc1=O. The highest BCUT2D eigenvalue weighted by atomic mass is 79.9. The van der Waals surface area contributed by atoms with Gasteiger partial charge in [0.25, 0.3) is 5.56 Å². The zero-order valence-electron chi connectivity index (χ0n) is 7.77. The van der Waals surface area contributed by atoms with Gasteiger partial charge < -0.3 is 9.67 Å². The highest BCUT2D eigenvalue weighted by Gasteiger charge is 2.15. The summed E-state index contributed by atoms with van der Waals surface area (Å²) in [7, 11) is 0. The Bertz CT molecular complexity index is 501. The lowest BCUT2D eigenvalue weighted by molar-refractivity contribution is -0.140. The summed E-state index contributed by atoms with van der Waals surface area (Å²) < 4.78 is 1.37. The quantitative estimate of drug-likeness (QED) is 0.873. The second-order valence-corrected chi connectivity index (χ2v) is 3.76. The predicted octanol–water partition coefficient (Wildman–Crippen LogP) is 1.13. The average molecular weight is 271 g/mol. The van der Waals surface area contributed by atoms with Gasteiger partial charge in [-0.15, -0.1) is 0 Å². The summed E-state index contributed by atoms with van der Waals surface area (Å²) in [5, 5.41) is 17.4. The van der Waals surface area contributed by atoms with Gasteiger partial charge in [-0.1, -0.05) is 0 Å². The Morgan fingerprint density at radius 3 is 2.80 bits per heavy atom. The first-order valence-electron chi connectivity index (χ1n) is 4.02. The van der Waals surface area contributed by atoms with Crippen LogP contribution in [0.2, 0.25) is 0 Å². The van der Waals surface area contributed by atoms with Gasteiger partial charge in [0.1, 0.15) is 12.1 Å². The monoisotopic (exact) mass is 270 g/mol. The van der Waals surface area contributed by atoms with Crippen molar-refractivity contribution in [2.75, 3.05) is 0 Å². The number of hydrogen-bond acceptors (Lipinski definition) is 3. The molecule has 0 radical (unpaired) electrons. The number of carboxylic acids is 1. The molecule has 0 spiro atoms. The summed E-state index contributed by atoms with van der Waals surface area (Å²) in [6.45, 7) is 1.37. The highest BCUT2D eigenvalue weighted by molar-refractivity contribution is 9.10. The molecule has 0 amide bonds. The largest absolute Gasteiger partial charge is 0.480 e. The molecule has 0 aliphatic heterocycles. The highest BCUT2D eigenvalue weighted by Crippen LogP contribution is 2.14. The van der Waals surface area contributed by atoms with Gasteiger partial charge in [0.05, 0.1) is 5.56 Å². The molecule has 0 aliphatic rings. The molecule has 1 rings (SSSR count). The molecule has 6 heteroatoms. The van der Waals surface area contributed by atoms with E-state index in [1.165, 1.54) is 19.2 Å². The van der Waals surface area contributed by atoms with Gasteiger partial charge in [-0.25, -0.2) is 4.79 Å². The van der Waals surface area contributed by atoms with Crippen LogP contribution in [0.1, 0.15) is 18.5 Å². The maximum atomic E-state index is 11.4. The van der Waals surface area contributed by atoms with Crippen LogP contribution in [0.25, 0.3) is 0 Å². The van der Waals surface area contributed by atoms with E-state index in [0.29, 0.717) is 4.47 Å². The maximum absolute atomic E-state index is 11.4. The van der Waals surface area contributed by atoms with Crippen molar-refractivity contribution in [1.29, 1.82) is 5.26 Å². The number of carboxylic acid groups (broad SMARTS) is 1. The average Bonchev–Trinajstić information content (AvgIpc) is 2.17. The van der Waals surface area contributed by atoms with Crippen molar-refractivity contribution in [2.24, 2.45) is 0 Å². The van der Waals surface area contributed by atoms with Crippen LogP contribution < -0.4 is 5.56 Å². The zero-order chi connectivity index (χ0) is 11.6. The van der Waals surface area contributed by atoms with Crippen molar-refractivity contribution in [3.8, 4) is 6.07 Å². The van der Waals surface area contributed by atoms with Crippen molar-refractivity contribution in [3.05, 3.63) is 32.7 Å². The molecule has 15 heavy (non-hydrogen) atoms. The fourth-order valence-corrected chi connectivity index (χ4v) is 1.42. The first-order valence-corrected chi connectivity index (χ1v) is 4.81. The Balaban J connectivity index is 3.39. The standard InChI is InChI=1S/C9H7BrN2O3/c1-5(9(14)15)12-4-6(3-11)7(10)2-8(12)13/h2,4-5H,1H3,(H,14,15). The van der Waals surface area contributed by atoms with E-state index in [1.54, 1.807) is 0 Å². The minimum Gasteiger partial charge on any atom is -0.480 e. The Labute approximate surface area is 93.7 Å². The second kappa shape index (κ2) is 4.28. The van der Waals surface area contributed by atoms with Crippen molar-refractivity contribution in [3.63, 3.8) is 0 Å². The van der Waals surface area contributed by atoms with Gasteiger partial charge in [-0.3, -0.25) is 4.79 Å². The van der Waals surface area contributed by atoms with Crippen LogP contribution in [-0.4, -0.2) is 15.6 Å². The topological polar surface area (TPSA) is 83.1 Å². The Kier molecular flexibility index (Phi) is 3.27. The molecule has 0 bridgehead atoms. The molecule has 0 saturated carbocycles. The van der Waals surface area contributed by atoms with E-state index in [1.807, 2.05) is 6.07 Å². The molecule has 0 saturated heterocycles. The van der Waals surface area contributed by atoms with E-state index in [-0.39, 0.29) is 5.56 Å². The number of nitriles is 1. The number of hydrogen-bond donors (Lipinski definition) is 1. The summed E-state index contributed by atoms with van der Waals surface area (Å²) >= 11 is 3.04. The van der Waals surface area contributed by atoms with Crippen molar-refractivity contribution >= 4 is 21.9 Å². The summed E-state index contributed by atoms with van der Waals surface area (Å²) in [4.78, 5) is 22.1. The normalized spacial score (nSPS) is 11.8. The molecule has 78 valence electrons. The van der Waals surface area contributed by atoms with Gasteiger partial charge in [0, 0.05) is 16.7 Å². The molecule has 0 fully saturated rings. The summed E-state index contributed by atoms with van der Waals surface area (Å²) in [6.07, 6.45) is 1.23. The molecule has 0 aromatic carbocycles. The molecule has 0 aliphatic carbocycles. The molecule has 1 heterocycles. The maximum Gasteiger partial charge on any atom is 0.326 e. The van der Waals surface area contributed by atoms with Crippen LogP contribution in [0.15, 0.2) is 21.5 Å². The lowest BCUT2D eigenvalue weighted by Gasteiger charge is -2.10. The Hall–Kier alpha value is -1.61. The van der Waals surface area contributed by atoms with Crippen LogP contribution in [0.5, 0.6) is 0 Å². The fraction of sp³-hybridized carbons (Fsp3) is 0.222. The number of aromatic nitrogens is 1. The van der Waals surface area contributed by atoms with E-state index in [2.05, 4.69) is 15.9 Å². The smallest absolute Gasteiger partial charge is 0.326 e. The molecular weight excluding hydrogens is 264 g/mol. The van der Waals surface area contributed by atoms with Gasteiger partial charge in [0.2, 0.25) is 0 Å². The molecule has 5 nitrogen and oxygen atoms in total. The first kappa shape index (κ1) is 11.5. The summed E-state index contributed by atoms with van der Waals surface area (Å²) in [6, 6.07) is 2.05. The Morgan fingerprint density at radius 1 is 1.73 bits per heavy atom. The van der Waals surface area contributed by atoms with Crippen molar-refractivity contribution < 1.29 is 9.90 Å². The Morgan fingerprint density at radius 2 is 2.33 bits per heavy atom. The molecular formula is C9H7BrN2O3. The minimum atomic E-state index is -1.12. The molecule has 1 aromatic rings. The molecule has 1 unspecified atom stereocenters. The van der Waals surface area contributed by atoms with Crippen LogP contribution in [0.4, 0.5) is 0 Å². The van der Waals surface area contributed by atoms with Crippen molar-refractivity contribution in [2.45, 2.75) is 13.0 Å². The number of rotatable bonds is 2. The third kappa shape index (κ3) is 2.25. The fourth-order valence-electron chi connectivity index (χ4n) is 1.03. The number of nitrogens with zero attached hydrogens (tertiary/aromatic N) is 2. The minimum absolute atomic E-state index is 0.225. The third-order valence-electron chi connectivity index (χ3n) is 1.93. The van der Waals surface area contributed by atoms with Crippen LogP contribution in [0, 0.1) is 11.3 Å². The second-order valence-electron chi connectivity index (χ2n) is 2.91. The van der Waals surface area contributed by atoms with Crippen molar-refractivity contribution in [1.82, 2.24) is 4.57 Å². The van der Waals surface area contributed by atoms with E-state index in [9.17, 15) is 9.59 Å². The number of pyridine rings is 1. The third-order valence-corrected chi connectivity index (χ3v) is 2.58. The van der Waals surface area contributed by atoms with Crippen LogP contribution >= 0.6 is 15.9 Å². The van der Waals surface area contributed by atoms with Gasteiger partial charge >= 0.3 is 5.97 Å². The van der Waals surface area contributed by atoms with E-state index < -0.39 is 17.6 Å². The van der Waals surface area contributed by atoms with E-state index >= 15 is 0 Å². The van der Waals surface area contributed by atoms with E-state index in [0.717, 1.165) is 4.57 Å². The molecule has 1 aromatic heterocycles. The van der Waals surface area contributed by atoms with Gasteiger partial charge in [-0.2, -0.15) is 5.26 Å². The van der Waals surface area contributed by atoms with Crippen LogP contribution in [0.3, 0.4) is 0 Å². The number of halogens is 1. The van der Waals surface area contributed by atoms with Gasteiger partial charge in [0.15, 0.2) is 0 Å². The summed E-state index contributed by atoms with van der Waals surface area (Å²) in [5.74, 6) is -1.12. The zero-order valence-corrected chi connectivity index (χ0v) is 9.35. The predicted molar refractivity (Wildman–Crippen MR) is 55.5 cm³/mol. The van der Waals surface area contributed by atoms with Gasteiger partial charge in [-0.05, 0) is 22.9 Å². The molecule has 1 atom stereocenters.